The number of nitrogens with zero attached hydrogens (tertiary/aromatic N) is 1. The smallest absolute Gasteiger partial charge is 0.339 e. The number of sulfonamides is 1. The van der Waals surface area contributed by atoms with Gasteiger partial charge in [-0.05, 0) is 59.7 Å². The molecule has 0 aromatic heterocycles. The average molecular weight is 565 g/mol. The lowest BCUT2D eigenvalue weighted by Crippen LogP contribution is -2.38. The monoisotopic (exact) mass is 564 g/mol. The fourth-order valence-corrected chi connectivity index (χ4v) is 6.45. The van der Waals surface area contributed by atoms with Crippen LogP contribution in [0.3, 0.4) is 0 Å². The second-order valence-corrected chi connectivity index (χ2v) is 11.2. The maximum absolute atomic E-state index is 13.0. The molecule has 0 spiro atoms. The Morgan fingerprint density at radius 2 is 1.44 bits per heavy atom. The fourth-order valence-electron chi connectivity index (χ4n) is 5.24. The first-order chi connectivity index (χ1) is 18.5. The molecule has 0 amide bonds. The van der Waals surface area contributed by atoms with Gasteiger partial charge in [0.05, 0.1) is 17.1 Å². The van der Waals surface area contributed by atoms with Crippen LogP contribution in [0.2, 0.25) is 0 Å². The largest absolute Gasteiger partial charge is 0.462 e. The van der Waals surface area contributed by atoms with Crippen molar-refractivity contribution in [2.45, 2.75) is 24.7 Å². The van der Waals surface area contributed by atoms with Gasteiger partial charge in [0.25, 0.3) is 0 Å². The zero-order valence-electron chi connectivity index (χ0n) is 21.9. The molecule has 0 bridgehead atoms. The van der Waals surface area contributed by atoms with Crippen LogP contribution in [0.15, 0.2) is 83.3 Å². The van der Waals surface area contributed by atoms with E-state index in [-0.39, 0.29) is 36.0 Å². The second-order valence-electron chi connectivity index (χ2n) is 9.44. The Hall–Kier alpha value is -3.23. The van der Waals surface area contributed by atoms with Gasteiger partial charge >= 0.3 is 5.97 Å². The highest BCUT2D eigenvalue weighted by atomic mass is 35.5. The predicted octanol–water partition coefficient (Wildman–Crippen LogP) is 5.65. The van der Waals surface area contributed by atoms with Gasteiger partial charge in [0, 0.05) is 26.2 Å². The van der Waals surface area contributed by atoms with Crippen molar-refractivity contribution < 1.29 is 17.9 Å². The number of carbonyl (C=O) groups excluding carboxylic acids is 1. The first-order valence-electron chi connectivity index (χ1n) is 13.0. The van der Waals surface area contributed by atoms with Gasteiger partial charge in [0.1, 0.15) is 0 Å². The topological polar surface area (TPSA) is 75.7 Å². The van der Waals surface area contributed by atoms with Crippen molar-refractivity contribution in [1.29, 1.82) is 0 Å². The minimum Gasteiger partial charge on any atom is -0.462 e. The Bertz CT molecular complexity index is 1450. The summed E-state index contributed by atoms with van der Waals surface area (Å²) in [5.41, 5.74) is 7.81. The molecule has 0 saturated carbocycles. The van der Waals surface area contributed by atoms with Crippen LogP contribution >= 0.6 is 12.4 Å². The Balaban J connectivity index is 0.00000353. The number of ether oxygens (including phenoxy) is 1. The van der Waals surface area contributed by atoms with Crippen LogP contribution < -0.4 is 4.72 Å². The molecule has 1 heterocycles. The first-order valence-corrected chi connectivity index (χ1v) is 14.5. The highest BCUT2D eigenvalue weighted by Gasteiger charge is 2.25. The molecule has 1 saturated heterocycles. The van der Waals surface area contributed by atoms with E-state index in [2.05, 4.69) is 70.3 Å². The van der Waals surface area contributed by atoms with Gasteiger partial charge in [-0.3, -0.25) is 0 Å². The Morgan fingerprint density at radius 3 is 2.05 bits per heavy atom. The Kier molecular flexibility index (Phi) is 9.40. The fraction of sp³-hybridized carbons (Fsp3) is 0.258. The van der Waals surface area contributed by atoms with E-state index in [0.29, 0.717) is 6.54 Å². The maximum Gasteiger partial charge on any atom is 0.339 e. The third-order valence-corrected chi connectivity index (χ3v) is 8.63. The van der Waals surface area contributed by atoms with Gasteiger partial charge in [-0.15, -0.1) is 12.4 Å². The summed E-state index contributed by atoms with van der Waals surface area (Å²) >= 11 is 0. The SMILES string of the molecule is CCOC(=O)c1ccccc1S(=O)(=O)NCCN1CCC(=C2c3ccccc3C=Cc3ccccc32)CC1.Cl. The number of carbonyl (C=O) groups is 1. The van der Waals surface area contributed by atoms with E-state index in [1.54, 1.807) is 19.1 Å². The minimum absolute atomic E-state index is 0. The second kappa shape index (κ2) is 12.7. The number of hydrogen-bond acceptors (Lipinski definition) is 5. The molecule has 1 N–H and O–H groups in total. The highest BCUT2D eigenvalue weighted by molar-refractivity contribution is 7.89. The number of benzene rings is 3. The molecule has 1 aliphatic carbocycles. The molecular weight excluding hydrogens is 532 g/mol. The first kappa shape index (κ1) is 28.8. The molecule has 1 fully saturated rings. The third kappa shape index (κ3) is 6.34. The number of piperidine rings is 1. The van der Waals surface area contributed by atoms with E-state index in [1.165, 1.54) is 45.5 Å². The number of hydrogen-bond donors (Lipinski definition) is 1. The molecule has 5 rings (SSSR count). The minimum atomic E-state index is -3.85. The molecule has 204 valence electrons. The lowest BCUT2D eigenvalue weighted by Gasteiger charge is -2.30. The molecule has 6 nitrogen and oxygen atoms in total. The van der Waals surface area contributed by atoms with Crippen LogP contribution in [0.4, 0.5) is 0 Å². The molecule has 1 aliphatic heterocycles. The summed E-state index contributed by atoms with van der Waals surface area (Å²) in [4.78, 5) is 14.5. The lowest BCUT2D eigenvalue weighted by molar-refractivity contribution is 0.0521. The van der Waals surface area contributed by atoms with Gasteiger partial charge in [0.15, 0.2) is 0 Å². The van der Waals surface area contributed by atoms with E-state index in [4.69, 9.17) is 4.74 Å². The van der Waals surface area contributed by atoms with Crippen molar-refractivity contribution in [2.24, 2.45) is 0 Å². The summed E-state index contributed by atoms with van der Waals surface area (Å²) in [6.07, 6.45) is 6.25. The Labute approximate surface area is 236 Å². The predicted molar refractivity (Wildman–Crippen MR) is 158 cm³/mol. The zero-order chi connectivity index (χ0) is 26.5. The van der Waals surface area contributed by atoms with Crippen molar-refractivity contribution in [3.05, 3.63) is 106 Å². The van der Waals surface area contributed by atoms with Crippen molar-refractivity contribution in [2.75, 3.05) is 32.8 Å². The normalized spacial score (nSPS) is 15.1. The van der Waals surface area contributed by atoms with Gasteiger partial charge in [0.2, 0.25) is 10.0 Å². The third-order valence-electron chi connectivity index (χ3n) is 7.11. The summed E-state index contributed by atoms with van der Waals surface area (Å²) in [6, 6.07) is 23.3. The number of nitrogens with one attached hydrogen (secondary N) is 1. The molecular formula is C31H33ClN2O4S. The molecule has 8 heteroatoms. The number of fused-ring (bicyclic) bond motifs is 2. The van der Waals surface area contributed by atoms with Crippen molar-refractivity contribution in [3.8, 4) is 0 Å². The molecule has 0 radical (unpaired) electrons. The zero-order valence-corrected chi connectivity index (χ0v) is 23.6. The summed E-state index contributed by atoms with van der Waals surface area (Å²) < 4.78 is 33.7. The van der Waals surface area contributed by atoms with Crippen LogP contribution in [0.25, 0.3) is 17.7 Å². The number of rotatable bonds is 7. The number of halogens is 1. The van der Waals surface area contributed by atoms with Crippen LogP contribution in [-0.2, 0) is 14.8 Å². The van der Waals surface area contributed by atoms with Gasteiger partial charge in [-0.1, -0.05) is 78.4 Å². The van der Waals surface area contributed by atoms with Crippen LogP contribution in [-0.4, -0.2) is 52.1 Å². The van der Waals surface area contributed by atoms with Crippen molar-refractivity contribution >= 4 is 46.1 Å². The van der Waals surface area contributed by atoms with Crippen LogP contribution in [0.5, 0.6) is 0 Å². The lowest BCUT2D eigenvalue weighted by atomic mass is 9.86. The van der Waals surface area contributed by atoms with E-state index in [0.717, 1.165) is 25.9 Å². The van der Waals surface area contributed by atoms with E-state index < -0.39 is 16.0 Å². The summed E-state index contributed by atoms with van der Waals surface area (Å²) in [7, 11) is -3.85. The standard InChI is InChI=1S/C31H32N2O4S.ClH/c1-2-37-31(34)28-13-7-8-14-29(28)38(35,36)32-19-22-33-20-17-25(18-21-33)30-26-11-5-3-9-23(26)15-16-24-10-4-6-12-27(24)30;/h3-16,32H,2,17-22H2,1H3;1H. The molecule has 39 heavy (non-hydrogen) atoms. The van der Waals surface area contributed by atoms with Gasteiger partial charge in [-0.2, -0.15) is 0 Å². The average Bonchev–Trinajstić information content (AvgIpc) is 3.11. The number of likely N-dealkylation sites (tertiary alicyclic amines) is 1. The summed E-state index contributed by atoms with van der Waals surface area (Å²) in [5, 5.41) is 0. The van der Waals surface area contributed by atoms with E-state index in [1.807, 2.05) is 0 Å². The molecule has 0 atom stereocenters. The number of esters is 1. The molecule has 2 aliphatic rings. The quantitative estimate of drug-likeness (QED) is 0.294. The van der Waals surface area contributed by atoms with Crippen molar-refractivity contribution in [3.63, 3.8) is 0 Å². The Morgan fingerprint density at radius 1 is 0.872 bits per heavy atom. The van der Waals surface area contributed by atoms with E-state index >= 15 is 0 Å². The maximum atomic E-state index is 13.0. The van der Waals surface area contributed by atoms with Gasteiger partial charge in [-0.25, -0.2) is 17.9 Å². The van der Waals surface area contributed by atoms with Crippen LogP contribution in [0.1, 0.15) is 52.4 Å². The summed E-state index contributed by atoms with van der Waals surface area (Å²) in [6.45, 7) is 4.45. The van der Waals surface area contributed by atoms with Gasteiger partial charge < -0.3 is 9.64 Å². The molecule has 3 aromatic carbocycles. The van der Waals surface area contributed by atoms with E-state index in [9.17, 15) is 13.2 Å². The highest BCUT2D eigenvalue weighted by Crippen LogP contribution is 2.38. The summed E-state index contributed by atoms with van der Waals surface area (Å²) in [5.74, 6) is -0.637. The molecule has 0 unspecified atom stereocenters. The van der Waals surface area contributed by atoms with Crippen molar-refractivity contribution in [1.82, 2.24) is 9.62 Å². The molecule has 3 aromatic rings. The van der Waals surface area contributed by atoms with Crippen LogP contribution in [0, 0.1) is 0 Å².